The number of nitrogens with one attached hydrogen (secondary N) is 1. The molecule has 1 aliphatic rings. The van der Waals surface area contributed by atoms with Crippen molar-refractivity contribution in [2.75, 3.05) is 13.2 Å². The number of hydrogen-bond acceptors (Lipinski definition) is 7. The Morgan fingerprint density at radius 2 is 1.87 bits per heavy atom. The molecule has 1 fully saturated rings. The van der Waals surface area contributed by atoms with Gasteiger partial charge in [0.15, 0.2) is 0 Å². The average Bonchev–Trinajstić information content (AvgIpc) is 2.74. The summed E-state index contributed by atoms with van der Waals surface area (Å²) < 4.78 is 11.2. The third-order valence-corrected chi connectivity index (χ3v) is 5.28. The predicted octanol–water partition coefficient (Wildman–Crippen LogP) is 0.519. The zero-order valence-electron chi connectivity index (χ0n) is 17.6. The first-order valence-corrected chi connectivity index (χ1v) is 10.2. The fourth-order valence-electron chi connectivity index (χ4n) is 3.60. The molecule has 8 heteroatoms. The molecule has 0 radical (unpaired) electrons. The number of amides is 1. The fourth-order valence-corrected chi connectivity index (χ4v) is 3.60. The summed E-state index contributed by atoms with van der Waals surface area (Å²) in [5, 5.41) is 42.3. The highest BCUT2D eigenvalue weighted by atomic mass is 16.7. The van der Waals surface area contributed by atoms with Crippen molar-refractivity contribution in [2.45, 2.75) is 51.0 Å². The molecule has 168 valence electrons. The van der Waals surface area contributed by atoms with Gasteiger partial charge in [-0.25, -0.2) is 0 Å². The first-order valence-electron chi connectivity index (χ1n) is 10.2. The van der Waals surface area contributed by atoms with Crippen LogP contribution in [0.5, 0.6) is 5.75 Å². The molecule has 1 heterocycles. The van der Waals surface area contributed by atoms with Gasteiger partial charge in [-0.05, 0) is 42.2 Å². The molecule has 5 N–H and O–H groups in total. The van der Waals surface area contributed by atoms with Gasteiger partial charge in [-0.1, -0.05) is 35.9 Å². The van der Waals surface area contributed by atoms with Crippen molar-refractivity contribution >= 4 is 5.91 Å². The van der Waals surface area contributed by atoms with Gasteiger partial charge >= 0.3 is 0 Å². The van der Waals surface area contributed by atoms with Gasteiger partial charge in [0.25, 0.3) is 0 Å². The zero-order valence-corrected chi connectivity index (χ0v) is 17.6. The average molecular weight is 431 g/mol. The van der Waals surface area contributed by atoms with Crippen LogP contribution in [0.25, 0.3) is 11.1 Å². The molecule has 2 aromatic carbocycles. The van der Waals surface area contributed by atoms with E-state index in [4.69, 9.17) is 9.47 Å². The van der Waals surface area contributed by atoms with Crippen molar-refractivity contribution in [3.63, 3.8) is 0 Å². The van der Waals surface area contributed by atoms with Crippen LogP contribution in [-0.4, -0.2) is 70.2 Å². The molecule has 0 saturated carbocycles. The van der Waals surface area contributed by atoms with E-state index >= 15 is 0 Å². The van der Waals surface area contributed by atoms with E-state index in [1.54, 1.807) is 12.1 Å². The molecule has 8 nitrogen and oxygen atoms in total. The van der Waals surface area contributed by atoms with Crippen molar-refractivity contribution in [3.8, 4) is 16.9 Å². The second-order valence-corrected chi connectivity index (χ2v) is 7.74. The molecule has 5 atom stereocenters. The number of ether oxygens (including phenoxy) is 2. The standard InChI is InChI=1S/C23H29NO7/c1-13-4-3-5-16(10-13)18-11-17(7-6-15(18)8-9-24-14(2)26)30-23-22(29)21(28)20(27)19(12-25)31-23/h3-7,10-11,19-23,25,27-29H,8-9,12H2,1-2H3,(H,24,26)/t19-,20-,21+,22+,23+/m1/s1. The van der Waals surface area contributed by atoms with Gasteiger partial charge in [0.05, 0.1) is 6.61 Å². The van der Waals surface area contributed by atoms with Crippen LogP contribution in [0.3, 0.4) is 0 Å². The maximum atomic E-state index is 11.2. The summed E-state index contributed by atoms with van der Waals surface area (Å²) >= 11 is 0. The minimum atomic E-state index is -1.51. The second-order valence-electron chi connectivity index (χ2n) is 7.74. The van der Waals surface area contributed by atoms with Gasteiger partial charge in [0, 0.05) is 13.5 Å². The zero-order chi connectivity index (χ0) is 22.5. The molecule has 0 aliphatic carbocycles. The number of aliphatic hydroxyl groups is 4. The molecular weight excluding hydrogens is 402 g/mol. The Balaban J connectivity index is 1.87. The number of aryl methyl sites for hydroxylation is 1. The fraction of sp³-hybridized carbons (Fsp3) is 0.435. The molecule has 0 spiro atoms. The highest BCUT2D eigenvalue weighted by molar-refractivity contribution is 5.73. The number of carbonyl (C=O) groups excluding carboxylic acids is 1. The summed E-state index contributed by atoms with van der Waals surface area (Å²) in [7, 11) is 0. The first kappa shape index (κ1) is 23.2. The largest absolute Gasteiger partial charge is 0.462 e. The van der Waals surface area contributed by atoms with Crippen LogP contribution in [0.15, 0.2) is 42.5 Å². The third-order valence-electron chi connectivity index (χ3n) is 5.28. The van der Waals surface area contributed by atoms with E-state index in [0.717, 1.165) is 22.3 Å². The number of rotatable bonds is 7. The third kappa shape index (κ3) is 5.61. The Morgan fingerprint density at radius 3 is 2.55 bits per heavy atom. The summed E-state index contributed by atoms with van der Waals surface area (Å²) in [6.45, 7) is 3.43. The maximum absolute atomic E-state index is 11.2. The minimum absolute atomic E-state index is 0.0975. The van der Waals surface area contributed by atoms with E-state index in [9.17, 15) is 25.2 Å². The van der Waals surface area contributed by atoms with Crippen LogP contribution in [0.4, 0.5) is 0 Å². The monoisotopic (exact) mass is 431 g/mol. The van der Waals surface area contributed by atoms with Crippen LogP contribution in [0.1, 0.15) is 18.1 Å². The lowest BCUT2D eigenvalue weighted by Crippen LogP contribution is -2.60. The maximum Gasteiger partial charge on any atom is 0.229 e. The Bertz CT molecular complexity index is 901. The summed E-state index contributed by atoms with van der Waals surface area (Å²) in [5.41, 5.74) is 3.96. The Hall–Kier alpha value is -2.49. The first-order chi connectivity index (χ1) is 14.8. The van der Waals surface area contributed by atoms with E-state index < -0.39 is 37.3 Å². The van der Waals surface area contributed by atoms with E-state index in [2.05, 4.69) is 5.32 Å². The number of carbonyl (C=O) groups is 1. The Morgan fingerprint density at radius 1 is 1.10 bits per heavy atom. The molecule has 31 heavy (non-hydrogen) atoms. The SMILES string of the molecule is CC(=O)NCCc1ccc(O[C@H]2O[C@H](CO)[C@@H](O)[C@H](O)[C@@H]2O)cc1-c1cccc(C)c1. The molecule has 1 saturated heterocycles. The summed E-state index contributed by atoms with van der Waals surface area (Å²) in [5.74, 6) is 0.295. The van der Waals surface area contributed by atoms with E-state index in [0.29, 0.717) is 18.7 Å². The normalized spacial score (nSPS) is 25.8. The number of aliphatic hydroxyl groups excluding tert-OH is 4. The summed E-state index contributed by atoms with van der Waals surface area (Å²) in [6.07, 6.45) is -6.13. The lowest BCUT2D eigenvalue weighted by atomic mass is 9.96. The lowest BCUT2D eigenvalue weighted by Gasteiger charge is -2.39. The molecule has 2 aromatic rings. The highest BCUT2D eigenvalue weighted by Crippen LogP contribution is 2.31. The molecule has 0 unspecified atom stereocenters. The predicted molar refractivity (Wildman–Crippen MR) is 113 cm³/mol. The van der Waals surface area contributed by atoms with Gasteiger partial charge in [0.2, 0.25) is 12.2 Å². The summed E-state index contributed by atoms with van der Waals surface area (Å²) in [6, 6.07) is 13.3. The number of hydrogen-bond donors (Lipinski definition) is 5. The van der Waals surface area contributed by atoms with Crippen molar-refractivity contribution in [1.82, 2.24) is 5.32 Å². The highest BCUT2D eigenvalue weighted by Gasteiger charge is 2.44. The van der Waals surface area contributed by atoms with E-state index in [-0.39, 0.29) is 5.91 Å². The van der Waals surface area contributed by atoms with Crippen LogP contribution in [0.2, 0.25) is 0 Å². The van der Waals surface area contributed by atoms with Gasteiger partial charge in [0.1, 0.15) is 30.2 Å². The minimum Gasteiger partial charge on any atom is -0.462 e. The van der Waals surface area contributed by atoms with Crippen molar-refractivity contribution < 1.29 is 34.7 Å². The molecule has 0 bridgehead atoms. The van der Waals surface area contributed by atoms with Gasteiger partial charge in [-0.2, -0.15) is 0 Å². The van der Waals surface area contributed by atoms with Crippen molar-refractivity contribution in [1.29, 1.82) is 0 Å². The number of benzene rings is 2. The van der Waals surface area contributed by atoms with Crippen LogP contribution in [0, 0.1) is 6.92 Å². The van der Waals surface area contributed by atoms with Gasteiger partial charge < -0.3 is 35.2 Å². The molecule has 3 rings (SSSR count). The van der Waals surface area contributed by atoms with Gasteiger partial charge in [-0.15, -0.1) is 0 Å². The smallest absolute Gasteiger partial charge is 0.229 e. The van der Waals surface area contributed by atoms with Crippen LogP contribution < -0.4 is 10.1 Å². The van der Waals surface area contributed by atoms with E-state index in [1.807, 2.05) is 37.3 Å². The van der Waals surface area contributed by atoms with Crippen molar-refractivity contribution in [2.24, 2.45) is 0 Å². The molecule has 1 amide bonds. The summed E-state index contributed by atoms with van der Waals surface area (Å²) in [4.78, 5) is 11.2. The van der Waals surface area contributed by atoms with E-state index in [1.165, 1.54) is 6.92 Å². The quantitative estimate of drug-likeness (QED) is 0.432. The van der Waals surface area contributed by atoms with Crippen LogP contribution >= 0.6 is 0 Å². The second kappa shape index (κ2) is 10.2. The molecular formula is C23H29NO7. The van der Waals surface area contributed by atoms with Gasteiger partial charge in [-0.3, -0.25) is 4.79 Å². The molecule has 0 aromatic heterocycles. The lowest BCUT2D eigenvalue weighted by molar-refractivity contribution is -0.277. The van der Waals surface area contributed by atoms with Crippen molar-refractivity contribution in [3.05, 3.63) is 53.6 Å². The molecule has 1 aliphatic heterocycles. The Labute approximate surface area is 181 Å². The van der Waals surface area contributed by atoms with Crippen LogP contribution in [-0.2, 0) is 16.0 Å². The Kier molecular flexibility index (Phi) is 7.64. The topological polar surface area (TPSA) is 128 Å².